The lowest BCUT2D eigenvalue weighted by molar-refractivity contribution is -0.384. The number of nitro groups is 1. The summed E-state index contributed by atoms with van der Waals surface area (Å²) in [5.74, 6) is 0.508. The maximum atomic E-state index is 12.0. The third kappa shape index (κ3) is 7.25. The number of hydrogen-bond donors (Lipinski definition) is 0. The molecule has 0 aromatic heterocycles. The van der Waals surface area contributed by atoms with Gasteiger partial charge in [-0.3, -0.25) is 10.1 Å². The van der Waals surface area contributed by atoms with E-state index in [1.165, 1.54) is 30.3 Å². The molecule has 0 unspecified atom stereocenters. The van der Waals surface area contributed by atoms with Crippen LogP contribution in [0.3, 0.4) is 0 Å². The molecule has 0 fully saturated rings. The summed E-state index contributed by atoms with van der Waals surface area (Å²) in [6, 6.07) is 13.2. The third-order valence-corrected chi connectivity index (χ3v) is 4.31. The first kappa shape index (κ1) is 21.9. The number of methoxy groups -OCH3 is 1. The van der Waals surface area contributed by atoms with Crippen molar-refractivity contribution in [2.24, 2.45) is 0 Å². The number of carbonyl (C=O) groups is 1. The molecule has 0 aliphatic rings. The van der Waals surface area contributed by atoms with E-state index in [-0.39, 0.29) is 11.4 Å². The molecule has 0 bridgehead atoms. The zero-order valence-corrected chi connectivity index (χ0v) is 16.7. The van der Waals surface area contributed by atoms with Gasteiger partial charge in [0.15, 0.2) is 0 Å². The fraction of sp³-hybridized carbons (Fsp3) is 0.261. The molecule has 0 atom stereocenters. The Morgan fingerprint density at radius 3 is 2.28 bits per heavy atom. The first-order valence-electron chi connectivity index (χ1n) is 9.51. The second-order valence-corrected chi connectivity index (χ2v) is 6.41. The molecule has 0 saturated heterocycles. The van der Waals surface area contributed by atoms with Gasteiger partial charge in [0, 0.05) is 18.2 Å². The fourth-order valence-corrected chi connectivity index (χ4v) is 2.72. The number of ether oxygens (including phenoxy) is 2. The monoisotopic (exact) mass is 395 g/mol. The summed E-state index contributed by atoms with van der Waals surface area (Å²) in [4.78, 5) is 22.2. The molecular formula is C23H25NO5. The molecule has 6 heteroatoms. The number of benzene rings is 2. The highest BCUT2D eigenvalue weighted by molar-refractivity contribution is 5.85. The van der Waals surface area contributed by atoms with Crippen LogP contribution in [0.15, 0.2) is 66.8 Å². The Morgan fingerprint density at radius 2 is 1.69 bits per heavy atom. The van der Waals surface area contributed by atoms with Gasteiger partial charge in [-0.25, -0.2) is 4.79 Å². The zero-order chi connectivity index (χ0) is 21.1. The first-order chi connectivity index (χ1) is 14.0. The smallest absolute Gasteiger partial charge is 0.336 e. The Hall–Kier alpha value is -3.41. The molecule has 2 aromatic carbocycles. The van der Waals surface area contributed by atoms with Crippen LogP contribution in [-0.2, 0) is 4.79 Å². The topological polar surface area (TPSA) is 78.7 Å². The first-order valence-corrected chi connectivity index (χ1v) is 9.51. The van der Waals surface area contributed by atoms with E-state index in [9.17, 15) is 14.9 Å². The standard InChI is InChI=1S/C23H25NO5/c1-3-4-5-7-18(19-10-14-21(28-2)15-11-19)8-6-9-23(25)29-22-16-12-20(13-17-22)24(26)27/h6,8-17H,3-5,7H2,1-2H3. The quantitative estimate of drug-likeness (QED) is 0.0976. The molecule has 2 aromatic rings. The summed E-state index contributed by atoms with van der Waals surface area (Å²) in [5.41, 5.74) is 2.15. The molecule has 0 aliphatic carbocycles. The minimum atomic E-state index is -0.544. The summed E-state index contributed by atoms with van der Waals surface area (Å²) in [5, 5.41) is 10.7. The number of nitrogens with zero attached hydrogens (tertiary/aromatic N) is 1. The highest BCUT2D eigenvalue weighted by Crippen LogP contribution is 2.24. The molecule has 152 valence electrons. The van der Waals surface area contributed by atoms with Gasteiger partial charge >= 0.3 is 5.97 Å². The molecule has 29 heavy (non-hydrogen) atoms. The van der Waals surface area contributed by atoms with Crippen LogP contribution in [-0.4, -0.2) is 18.0 Å². The van der Waals surface area contributed by atoms with Crippen LogP contribution in [0.5, 0.6) is 11.5 Å². The van der Waals surface area contributed by atoms with Gasteiger partial charge in [-0.05, 0) is 48.2 Å². The summed E-state index contributed by atoms with van der Waals surface area (Å²) in [7, 11) is 1.63. The van der Waals surface area contributed by atoms with Crippen LogP contribution in [0.1, 0.15) is 38.2 Å². The van der Waals surface area contributed by atoms with Gasteiger partial charge in [-0.15, -0.1) is 0 Å². The average molecular weight is 395 g/mol. The van der Waals surface area contributed by atoms with Crippen molar-refractivity contribution in [3.05, 3.63) is 82.4 Å². The molecule has 0 N–H and O–H groups in total. The minimum absolute atomic E-state index is 0.0560. The van der Waals surface area contributed by atoms with Crippen LogP contribution in [0.2, 0.25) is 0 Å². The van der Waals surface area contributed by atoms with Crippen LogP contribution in [0, 0.1) is 10.1 Å². The number of esters is 1. The number of unbranched alkanes of at least 4 members (excludes halogenated alkanes) is 2. The van der Waals surface area contributed by atoms with Crippen LogP contribution < -0.4 is 9.47 Å². The van der Waals surface area contributed by atoms with E-state index in [2.05, 4.69) is 6.92 Å². The van der Waals surface area contributed by atoms with E-state index in [4.69, 9.17) is 9.47 Å². The van der Waals surface area contributed by atoms with Gasteiger partial charge in [0.2, 0.25) is 0 Å². The predicted octanol–water partition coefficient (Wildman–Crippen LogP) is 5.73. The lowest BCUT2D eigenvalue weighted by atomic mass is 9.99. The average Bonchev–Trinajstić information content (AvgIpc) is 2.73. The van der Waals surface area contributed by atoms with E-state index in [1.54, 1.807) is 13.2 Å². The molecule has 0 aliphatic heterocycles. The molecule has 0 heterocycles. The van der Waals surface area contributed by atoms with Crippen molar-refractivity contribution in [3.63, 3.8) is 0 Å². The van der Waals surface area contributed by atoms with Gasteiger partial charge in [0.25, 0.3) is 5.69 Å². The Morgan fingerprint density at radius 1 is 1.03 bits per heavy atom. The largest absolute Gasteiger partial charge is 0.497 e. The molecule has 6 nitrogen and oxygen atoms in total. The molecule has 0 saturated carbocycles. The third-order valence-electron chi connectivity index (χ3n) is 4.31. The number of hydrogen-bond acceptors (Lipinski definition) is 5. The number of nitro benzene ring substituents is 1. The second kappa shape index (κ2) is 11.4. The molecule has 2 rings (SSSR count). The summed E-state index contributed by atoms with van der Waals surface area (Å²) < 4.78 is 10.4. The van der Waals surface area contributed by atoms with Gasteiger partial charge in [0.1, 0.15) is 11.5 Å². The number of carbonyl (C=O) groups excluding carboxylic acids is 1. The highest BCUT2D eigenvalue weighted by atomic mass is 16.6. The normalized spacial score (nSPS) is 11.4. The van der Waals surface area contributed by atoms with Crippen LogP contribution in [0.25, 0.3) is 5.57 Å². The number of allylic oxidation sites excluding steroid dienone is 3. The predicted molar refractivity (Wildman–Crippen MR) is 113 cm³/mol. The number of non-ortho nitro benzene ring substituents is 1. The van der Waals surface area contributed by atoms with Crippen molar-refractivity contribution in [2.75, 3.05) is 7.11 Å². The summed E-state index contributed by atoms with van der Waals surface area (Å²) in [6.45, 7) is 2.16. The second-order valence-electron chi connectivity index (χ2n) is 6.41. The van der Waals surface area contributed by atoms with Crippen molar-refractivity contribution in [3.8, 4) is 11.5 Å². The van der Waals surface area contributed by atoms with Gasteiger partial charge in [-0.2, -0.15) is 0 Å². The maximum absolute atomic E-state index is 12.0. The lowest BCUT2D eigenvalue weighted by Gasteiger charge is -2.08. The van der Waals surface area contributed by atoms with Crippen molar-refractivity contribution >= 4 is 17.2 Å². The van der Waals surface area contributed by atoms with Crippen molar-refractivity contribution in [1.29, 1.82) is 0 Å². The Bertz CT molecular complexity index is 867. The van der Waals surface area contributed by atoms with E-state index >= 15 is 0 Å². The lowest BCUT2D eigenvalue weighted by Crippen LogP contribution is -2.03. The van der Waals surface area contributed by atoms with Gasteiger partial charge in [0.05, 0.1) is 12.0 Å². The van der Waals surface area contributed by atoms with Crippen LogP contribution >= 0.6 is 0 Å². The van der Waals surface area contributed by atoms with E-state index in [0.29, 0.717) is 0 Å². The SMILES string of the molecule is CCCCCC(=CC=CC(=O)Oc1ccc([N+](=O)[O-])cc1)c1ccc(OC)cc1. The highest BCUT2D eigenvalue weighted by Gasteiger charge is 2.06. The van der Waals surface area contributed by atoms with E-state index in [0.717, 1.165) is 42.6 Å². The van der Waals surface area contributed by atoms with Gasteiger partial charge in [-0.1, -0.05) is 44.1 Å². The maximum Gasteiger partial charge on any atom is 0.336 e. The number of rotatable bonds is 10. The minimum Gasteiger partial charge on any atom is -0.497 e. The molecule has 0 amide bonds. The van der Waals surface area contributed by atoms with Gasteiger partial charge < -0.3 is 9.47 Å². The van der Waals surface area contributed by atoms with Crippen molar-refractivity contribution < 1.29 is 19.2 Å². The molecule has 0 spiro atoms. The zero-order valence-electron chi connectivity index (χ0n) is 16.7. The molecular weight excluding hydrogens is 370 g/mol. The van der Waals surface area contributed by atoms with Crippen molar-refractivity contribution in [2.45, 2.75) is 32.6 Å². The summed E-state index contributed by atoms with van der Waals surface area (Å²) >= 11 is 0. The van der Waals surface area contributed by atoms with Crippen molar-refractivity contribution in [1.82, 2.24) is 0 Å². The molecule has 0 radical (unpaired) electrons. The van der Waals surface area contributed by atoms with E-state index in [1.807, 2.05) is 30.3 Å². The Balaban J connectivity index is 2.05. The van der Waals surface area contributed by atoms with E-state index < -0.39 is 10.9 Å². The fourth-order valence-electron chi connectivity index (χ4n) is 2.72. The Kier molecular flexibility index (Phi) is 8.63. The summed E-state index contributed by atoms with van der Waals surface area (Å²) in [6.07, 6.45) is 9.16. The Labute approximate surface area is 170 Å². The van der Waals surface area contributed by atoms with Crippen LogP contribution in [0.4, 0.5) is 5.69 Å².